The van der Waals surface area contributed by atoms with Crippen molar-refractivity contribution in [3.8, 4) is 5.82 Å². The average Bonchev–Trinajstić information content (AvgIpc) is 3.06. The summed E-state index contributed by atoms with van der Waals surface area (Å²) in [5.74, 6) is 1.82. The molecule has 3 heterocycles. The van der Waals surface area contributed by atoms with Crippen LogP contribution in [0.4, 0.5) is 0 Å². The Balaban J connectivity index is 1.79. The molecule has 1 aliphatic rings. The highest BCUT2D eigenvalue weighted by Crippen LogP contribution is 2.22. The zero-order chi connectivity index (χ0) is 17.4. The minimum absolute atomic E-state index is 0.0799. The number of aromatic nitrogens is 2. The van der Waals surface area contributed by atoms with Crippen molar-refractivity contribution in [2.24, 2.45) is 5.92 Å². The van der Waals surface area contributed by atoms with Crippen molar-refractivity contribution in [1.29, 1.82) is 0 Å². The average molecular weight is 331 g/mol. The third-order valence-electron chi connectivity index (χ3n) is 4.95. The lowest BCUT2D eigenvalue weighted by Gasteiger charge is -2.33. The van der Waals surface area contributed by atoms with Gasteiger partial charge in [0.25, 0.3) is 0 Å². The topological polar surface area (TPSA) is 71.5 Å². The van der Waals surface area contributed by atoms with E-state index in [1.165, 1.54) is 0 Å². The van der Waals surface area contributed by atoms with Gasteiger partial charge >= 0.3 is 0 Å². The predicted molar refractivity (Wildman–Crippen MR) is 90.6 cm³/mol. The Morgan fingerprint density at radius 3 is 2.75 bits per heavy atom. The van der Waals surface area contributed by atoms with Gasteiger partial charge < -0.3 is 9.63 Å². The van der Waals surface area contributed by atoms with E-state index in [4.69, 9.17) is 4.52 Å². The molecular formula is C18H25N3O3. The highest BCUT2D eigenvalue weighted by molar-refractivity contribution is 5.99. The van der Waals surface area contributed by atoms with E-state index in [0.29, 0.717) is 30.4 Å². The zero-order valence-electron chi connectivity index (χ0n) is 14.7. The number of rotatable bonds is 4. The van der Waals surface area contributed by atoms with Crippen molar-refractivity contribution >= 4 is 5.78 Å². The monoisotopic (exact) mass is 331 g/mol. The number of carbonyl (C=O) groups is 1. The van der Waals surface area contributed by atoms with E-state index < -0.39 is 0 Å². The molecule has 2 unspecified atom stereocenters. The highest BCUT2D eigenvalue weighted by Gasteiger charge is 2.27. The lowest BCUT2D eigenvalue weighted by molar-refractivity contribution is 0.0294. The van der Waals surface area contributed by atoms with E-state index in [9.17, 15) is 9.90 Å². The molecule has 0 aliphatic carbocycles. The zero-order valence-corrected chi connectivity index (χ0v) is 14.7. The smallest absolute Gasteiger partial charge is 0.180 e. The molecule has 6 nitrogen and oxygen atoms in total. The number of aliphatic hydroxyl groups is 1. The minimum Gasteiger partial charge on any atom is -0.392 e. The summed E-state index contributed by atoms with van der Waals surface area (Å²) >= 11 is 0. The van der Waals surface area contributed by atoms with Gasteiger partial charge in [-0.15, -0.1) is 0 Å². The molecule has 2 aromatic heterocycles. The van der Waals surface area contributed by atoms with Crippen molar-refractivity contribution < 1.29 is 14.4 Å². The van der Waals surface area contributed by atoms with E-state index in [-0.39, 0.29) is 11.9 Å². The number of β-amino-alcohol motifs (C(OH)–C–C–N with tert-alkyl or cyclic N) is 1. The fourth-order valence-corrected chi connectivity index (χ4v) is 3.40. The van der Waals surface area contributed by atoms with Gasteiger partial charge in [0.2, 0.25) is 0 Å². The lowest BCUT2D eigenvalue weighted by Crippen LogP contribution is -2.44. The summed E-state index contributed by atoms with van der Waals surface area (Å²) in [5, 5.41) is 14.1. The molecule has 130 valence electrons. The van der Waals surface area contributed by atoms with Gasteiger partial charge in [0.05, 0.1) is 12.6 Å². The molecular weight excluding hydrogens is 306 g/mol. The molecule has 0 aromatic carbocycles. The number of likely N-dealkylation sites (tertiary alicyclic amines) is 1. The van der Waals surface area contributed by atoms with Gasteiger partial charge in [-0.25, -0.2) is 0 Å². The van der Waals surface area contributed by atoms with Crippen molar-refractivity contribution in [2.75, 3.05) is 19.6 Å². The molecule has 1 N–H and O–H groups in total. The fourth-order valence-electron chi connectivity index (χ4n) is 3.40. The van der Waals surface area contributed by atoms with Gasteiger partial charge in [0.1, 0.15) is 5.76 Å². The number of Topliss-reactive ketones (excluding diaryl/α,β-unsaturated/α-hetero) is 1. The first-order valence-corrected chi connectivity index (χ1v) is 8.43. The highest BCUT2D eigenvalue weighted by atomic mass is 16.5. The molecule has 1 aliphatic heterocycles. The Bertz CT molecular complexity index is 747. The van der Waals surface area contributed by atoms with Crippen LogP contribution >= 0.6 is 0 Å². The van der Waals surface area contributed by atoms with Gasteiger partial charge in [-0.3, -0.25) is 14.3 Å². The molecule has 0 amide bonds. The summed E-state index contributed by atoms with van der Waals surface area (Å²) < 4.78 is 7.09. The Hall–Kier alpha value is -1.92. The fraction of sp³-hybridized carbons (Fsp3) is 0.556. The van der Waals surface area contributed by atoms with E-state index in [1.807, 2.05) is 42.4 Å². The maximum absolute atomic E-state index is 12.7. The molecule has 0 spiro atoms. The SMILES string of the molecule is Cc1cc(-n2c(C)cc(C(=O)CN3CCC(C)C(O)C3)c2C)no1. The number of nitrogens with zero attached hydrogens (tertiary/aromatic N) is 3. The molecule has 1 saturated heterocycles. The molecule has 0 radical (unpaired) electrons. The van der Waals surface area contributed by atoms with Crippen LogP contribution in [0.3, 0.4) is 0 Å². The molecule has 2 aromatic rings. The molecule has 2 atom stereocenters. The maximum atomic E-state index is 12.7. The number of aryl methyl sites for hydroxylation is 2. The van der Waals surface area contributed by atoms with Crippen molar-refractivity contribution in [1.82, 2.24) is 14.6 Å². The molecule has 24 heavy (non-hydrogen) atoms. The van der Waals surface area contributed by atoms with Crippen LogP contribution in [-0.2, 0) is 0 Å². The van der Waals surface area contributed by atoms with Gasteiger partial charge in [-0.2, -0.15) is 0 Å². The Kier molecular flexibility index (Phi) is 4.60. The number of hydrogen-bond acceptors (Lipinski definition) is 5. The minimum atomic E-state index is -0.350. The first-order chi connectivity index (χ1) is 11.4. The second kappa shape index (κ2) is 6.53. The van der Waals surface area contributed by atoms with Crippen LogP contribution in [0.1, 0.15) is 40.9 Å². The lowest BCUT2D eigenvalue weighted by atomic mass is 9.95. The number of aliphatic hydroxyl groups excluding tert-OH is 1. The summed E-state index contributed by atoms with van der Waals surface area (Å²) in [6.07, 6.45) is 0.572. The standard InChI is InChI=1S/C18H25N3O3/c1-11-5-6-20(9-16(11)22)10-17(23)15-7-12(2)21(14(15)4)18-8-13(3)24-19-18/h7-8,11,16,22H,5-6,9-10H2,1-4H3. The molecule has 3 rings (SSSR count). The van der Waals surface area contributed by atoms with E-state index >= 15 is 0 Å². The molecule has 6 heteroatoms. The van der Waals surface area contributed by atoms with E-state index in [1.54, 1.807) is 0 Å². The summed E-state index contributed by atoms with van der Waals surface area (Å²) in [6, 6.07) is 3.77. The Morgan fingerprint density at radius 1 is 1.38 bits per heavy atom. The number of hydrogen-bond donors (Lipinski definition) is 1. The van der Waals surface area contributed by atoms with Gasteiger partial charge in [-0.1, -0.05) is 12.1 Å². The summed E-state index contributed by atoms with van der Waals surface area (Å²) in [7, 11) is 0. The van der Waals surface area contributed by atoms with Crippen LogP contribution in [0.15, 0.2) is 16.7 Å². The van der Waals surface area contributed by atoms with Crippen LogP contribution in [0.2, 0.25) is 0 Å². The predicted octanol–water partition coefficient (Wildman–Crippen LogP) is 2.28. The van der Waals surface area contributed by atoms with Crippen LogP contribution in [0.25, 0.3) is 5.82 Å². The van der Waals surface area contributed by atoms with Crippen LogP contribution in [-0.4, -0.2) is 51.3 Å². The van der Waals surface area contributed by atoms with Crippen molar-refractivity contribution in [3.05, 3.63) is 34.8 Å². The summed E-state index contributed by atoms with van der Waals surface area (Å²) in [6.45, 7) is 9.54. The number of ketones is 1. The molecule has 0 saturated carbocycles. The van der Waals surface area contributed by atoms with Crippen molar-refractivity contribution in [2.45, 2.75) is 40.2 Å². The Morgan fingerprint density at radius 2 is 2.12 bits per heavy atom. The third kappa shape index (κ3) is 3.16. The van der Waals surface area contributed by atoms with E-state index in [0.717, 1.165) is 30.1 Å². The largest absolute Gasteiger partial charge is 0.392 e. The van der Waals surface area contributed by atoms with Crippen molar-refractivity contribution in [3.63, 3.8) is 0 Å². The second-order valence-corrected chi connectivity index (χ2v) is 6.91. The van der Waals surface area contributed by atoms with Crippen LogP contribution in [0, 0.1) is 26.7 Å². The Labute approximate surface area is 142 Å². The van der Waals surface area contributed by atoms with E-state index in [2.05, 4.69) is 12.1 Å². The van der Waals surface area contributed by atoms with Gasteiger partial charge in [0.15, 0.2) is 11.6 Å². The third-order valence-corrected chi connectivity index (χ3v) is 4.95. The van der Waals surface area contributed by atoms with Gasteiger partial charge in [-0.05, 0) is 45.7 Å². The van der Waals surface area contributed by atoms with Gasteiger partial charge in [0, 0.05) is 29.6 Å². The molecule has 0 bridgehead atoms. The summed E-state index contributed by atoms with van der Waals surface area (Å²) in [4.78, 5) is 14.8. The normalized spacial score (nSPS) is 22.0. The first kappa shape index (κ1) is 16.9. The van der Waals surface area contributed by atoms with Crippen LogP contribution < -0.4 is 0 Å². The number of carbonyl (C=O) groups excluding carboxylic acids is 1. The summed E-state index contributed by atoms with van der Waals surface area (Å²) in [5.41, 5.74) is 2.54. The van der Waals surface area contributed by atoms with Crippen LogP contribution in [0.5, 0.6) is 0 Å². The second-order valence-electron chi connectivity index (χ2n) is 6.91. The maximum Gasteiger partial charge on any atom is 0.180 e. The first-order valence-electron chi connectivity index (χ1n) is 8.43. The molecule has 1 fully saturated rings. The number of piperidine rings is 1. The quantitative estimate of drug-likeness (QED) is 0.870.